The molecule has 6 heteroatoms. The summed E-state index contributed by atoms with van der Waals surface area (Å²) in [6, 6.07) is 13.4. The van der Waals surface area contributed by atoms with E-state index in [9.17, 15) is 14.4 Å². The molecule has 1 aliphatic carbocycles. The Balaban J connectivity index is 1.68. The van der Waals surface area contributed by atoms with E-state index in [1.807, 2.05) is 24.3 Å². The van der Waals surface area contributed by atoms with E-state index in [4.69, 9.17) is 4.74 Å². The second-order valence-electron chi connectivity index (χ2n) is 8.12. The lowest BCUT2D eigenvalue weighted by molar-refractivity contribution is 0.0421. The van der Waals surface area contributed by atoms with Crippen LogP contribution in [0.15, 0.2) is 48.5 Å². The second-order valence-corrected chi connectivity index (χ2v) is 8.12. The Kier molecular flexibility index (Phi) is 4.22. The van der Waals surface area contributed by atoms with Gasteiger partial charge in [-0.15, -0.1) is 0 Å². The summed E-state index contributed by atoms with van der Waals surface area (Å²) in [6.45, 7) is 5.37. The maximum absolute atomic E-state index is 13.0. The van der Waals surface area contributed by atoms with Gasteiger partial charge in [-0.3, -0.25) is 14.5 Å². The van der Waals surface area contributed by atoms with Crippen molar-refractivity contribution in [3.8, 4) is 0 Å². The molecule has 1 aliphatic heterocycles. The minimum Gasteiger partial charge on any atom is -0.444 e. The van der Waals surface area contributed by atoms with Crippen molar-refractivity contribution in [3.05, 3.63) is 70.8 Å². The monoisotopic (exact) mass is 378 g/mol. The van der Waals surface area contributed by atoms with Crippen molar-refractivity contribution in [2.24, 2.45) is 0 Å². The molecule has 2 aliphatic rings. The summed E-state index contributed by atoms with van der Waals surface area (Å²) in [4.78, 5) is 39.7. The van der Waals surface area contributed by atoms with Crippen LogP contribution in [0, 0.1) is 0 Å². The van der Waals surface area contributed by atoms with E-state index in [-0.39, 0.29) is 11.8 Å². The van der Waals surface area contributed by atoms with Gasteiger partial charge in [-0.1, -0.05) is 36.4 Å². The molecule has 2 aromatic carbocycles. The van der Waals surface area contributed by atoms with Gasteiger partial charge in [-0.25, -0.2) is 4.79 Å². The van der Waals surface area contributed by atoms with Crippen LogP contribution < -0.4 is 5.32 Å². The van der Waals surface area contributed by atoms with E-state index < -0.39 is 23.8 Å². The lowest BCUT2D eigenvalue weighted by atomic mass is 10.1. The van der Waals surface area contributed by atoms with Crippen LogP contribution in [0.1, 0.15) is 58.7 Å². The number of amides is 3. The van der Waals surface area contributed by atoms with Gasteiger partial charge in [0, 0.05) is 0 Å². The van der Waals surface area contributed by atoms with Crippen LogP contribution in [0.5, 0.6) is 0 Å². The summed E-state index contributed by atoms with van der Waals surface area (Å²) in [7, 11) is 0. The standard InChI is InChI=1S/C22H22N2O4/c1-22(2,3)28-21(27)23-18-14-9-5-4-8-13(14)12-17(18)24-19(25)15-10-6-7-11-16(15)20(24)26/h4-11,17-18H,12H2,1-3H3,(H,23,27)/t17-,18-/m1/s1. The van der Waals surface area contributed by atoms with Crippen molar-refractivity contribution in [2.45, 2.75) is 44.9 Å². The van der Waals surface area contributed by atoms with Gasteiger partial charge in [0.1, 0.15) is 5.60 Å². The van der Waals surface area contributed by atoms with E-state index in [1.165, 1.54) is 4.90 Å². The molecule has 0 saturated heterocycles. The summed E-state index contributed by atoms with van der Waals surface area (Å²) in [5.41, 5.74) is 2.06. The fraction of sp³-hybridized carbons (Fsp3) is 0.318. The van der Waals surface area contributed by atoms with Gasteiger partial charge in [0.25, 0.3) is 11.8 Å². The minimum atomic E-state index is -0.646. The van der Waals surface area contributed by atoms with Crippen molar-refractivity contribution in [1.82, 2.24) is 10.2 Å². The molecule has 1 N–H and O–H groups in total. The molecule has 4 rings (SSSR count). The molecule has 0 unspecified atom stereocenters. The summed E-state index contributed by atoms with van der Waals surface area (Å²) in [6.07, 6.45) is -0.0851. The first-order valence-electron chi connectivity index (χ1n) is 9.30. The maximum atomic E-state index is 13.0. The Labute approximate surface area is 163 Å². The zero-order valence-electron chi connectivity index (χ0n) is 16.1. The third kappa shape index (κ3) is 3.05. The molecular weight excluding hydrogens is 356 g/mol. The molecule has 28 heavy (non-hydrogen) atoms. The summed E-state index contributed by atoms with van der Waals surface area (Å²) >= 11 is 0. The number of nitrogens with one attached hydrogen (secondary N) is 1. The van der Waals surface area contributed by atoms with Gasteiger partial charge in [-0.2, -0.15) is 0 Å². The number of benzene rings is 2. The molecule has 3 amide bonds. The maximum Gasteiger partial charge on any atom is 0.408 e. The van der Waals surface area contributed by atoms with Gasteiger partial charge in [0.15, 0.2) is 0 Å². The first kappa shape index (κ1) is 18.2. The number of hydrogen-bond donors (Lipinski definition) is 1. The average Bonchev–Trinajstić information content (AvgIpc) is 3.10. The number of carbonyl (C=O) groups excluding carboxylic acids is 3. The van der Waals surface area contributed by atoms with Crippen molar-refractivity contribution in [1.29, 1.82) is 0 Å². The molecule has 6 nitrogen and oxygen atoms in total. The highest BCUT2D eigenvalue weighted by atomic mass is 16.6. The highest BCUT2D eigenvalue weighted by Crippen LogP contribution is 2.38. The Bertz CT molecular complexity index is 941. The zero-order chi connectivity index (χ0) is 20.1. The summed E-state index contributed by atoms with van der Waals surface area (Å²) in [5, 5.41) is 2.88. The number of hydrogen-bond acceptors (Lipinski definition) is 4. The highest BCUT2D eigenvalue weighted by Gasteiger charge is 2.46. The smallest absolute Gasteiger partial charge is 0.408 e. The van der Waals surface area contributed by atoms with Crippen molar-refractivity contribution >= 4 is 17.9 Å². The first-order chi connectivity index (χ1) is 13.3. The van der Waals surface area contributed by atoms with Crippen molar-refractivity contribution in [3.63, 3.8) is 0 Å². The molecule has 0 radical (unpaired) electrons. The van der Waals surface area contributed by atoms with Crippen LogP contribution in [0.25, 0.3) is 0 Å². The lowest BCUT2D eigenvalue weighted by Crippen LogP contribution is -2.48. The number of imide groups is 1. The SMILES string of the molecule is CC(C)(C)OC(=O)N[C@@H]1c2ccccc2C[C@H]1N1C(=O)c2ccccc2C1=O. The third-order valence-corrected chi connectivity index (χ3v) is 5.03. The Morgan fingerprint density at radius 1 is 1.00 bits per heavy atom. The van der Waals surface area contributed by atoms with Crippen LogP contribution in [-0.4, -0.2) is 34.5 Å². The molecule has 0 bridgehead atoms. The number of fused-ring (bicyclic) bond motifs is 2. The highest BCUT2D eigenvalue weighted by molar-refractivity contribution is 6.21. The van der Waals surface area contributed by atoms with Crippen LogP contribution in [-0.2, 0) is 11.2 Å². The van der Waals surface area contributed by atoms with Crippen LogP contribution in [0.2, 0.25) is 0 Å². The second kappa shape index (κ2) is 6.48. The van der Waals surface area contributed by atoms with Crippen LogP contribution in [0.4, 0.5) is 4.79 Å². The lowest BCUT2D eigenvalue weighted by Gasteiger charge is -2.30. The fourth-order valence-electron chi connectivity index (χ4n) is 3.93. The summed E-state index contributed by atoms with van der Waals surface area (Å²) in [5.74, 6) is -0.649. The molecule has 2 aromatic rings. The quantitative estimate of drug-likeness (QED) is 0.812. The minimum absolute atomic E-state index is 0.325. The Morgan fingerprint density at radius 3 is 2.18 bits per heavy atom. The third-order valence-electron chi connectivity index (χ3n) is 5.03. The van der Waals surface area contributed by atoms with E-state index >= 15 is 0 Å². The number of carbonyl (C=O) groups is 3. The predicted molar refractivity (Wildman–Crippen MR) is 103 cm³/mol. The van der Waals surface area contributed by atoms with Crippen LogP contribution >= 0.6 is 0 Å². The molecule has 0 fully saturated rings. The van der Waals surface area contributed by atoms with Crippen molar-refractivity contribution in [2.75, 3.05) is 0 Å². The van der Waals surface area contributed by atoms with Gasteiger partial charge in [0.2, 0.25) is 0 Å². The van der Waals surface area contributed by atoms with Gasteiger partial charge in [0.05, 0.1) is 23.2 Å². The van der Waals surface area contributed by atoms with Gasteiger partial charge < -0.3 is 10.1 Å². The fourth-order valence-corrected chi connectivity index (χ4v) is 3.93. The molecule has 0 aromatic heterocycles. The summed E-state index contributed by atoms with van der Waals surface area (Å²) < 4.78 is 5.40. The van der Waals surface area contributed by atoms with Crippen LogP contribution in [0.3, 0.4) is 0 Å². The van der Waals surface area contributed by atoms with E-state index in [2.05, 4.69) is 5.32 Å². The molecule has 0 saturated carbocycles. The first-order valence-corrected chi connectivity index (χ1v) is 9.30. The number of rotatable bonds is 2. The van der Waals surface area contributed by atoms with Crippen molar-refractivity contribution < 1.29 is 19.1 Å². The molecule has 0 spiro atoms. The zero-order valence-corrected chi connectivity index (χ0v) is 16.1. The number of ether oxygens (including phenoxy) is 1. The normalized spacial score (nSPS) is 20.8. The number of alkyl carbamates (subject to hydrolysis) is 1. The van der Waals surface area contributed by atoms with E-state index in [0.29, 0.717) is 17.5 Å². The number of nitrogens with zero attached hydrogens (tertiary/aromatic N) is 1. The Hall–Kier alpha value is -3.15. The van der Waals surface area contributed by atoms with E-state index in [1.54, 1.807) is 45.0 Å². The largest absolute Gasteiger partial charge is 0.444 e. The Morgan fingerprint density at radius 2 is 1.57 bits per heavy atom. The predicted octanol–water partition coefficient (Wildman–Crippen LogP) is 3.47. The molecule has 1 heterocycles. The molecular formula is C22H22N2O4. The molecule has 144 valence electrons. The van der Waals surface area contributed by atoms with E-state index in [0.717, 1.165) is 11.1 Å². The van der Waals surface area contributed by atoms with Gasteiger partial charge >= 0.3 is 6.09 Å². The average molecular weight is 378 g/mol. The topological polar surface area (TPSA) is 75.7 Å². The molecule has 2 atom stereocenters. The van der Waals surface area contributed by atoms with Gasteiger partial charge in [-0.05, 0) is 50.5 Å².